The third-order valence-electron chi connectivity index (χ3n) is 5.54. The molecule has 1 N–H and O–H groups in total. The summed E-state index contributed by atoms with van der Waals surface area (Å²) in [5, 5.41) is 9.45. The van der Waals surface area contributed by atoms with Crippen LogP contribution in [0.15, 0.2) is 54.6 Å². The molecule has 2 aromatic carbocycles. The number of benzene rings is 2. The standard InChI is InChI=1S/C22H27NO2/c1-17(22(16-24)20-7-9-21(25)10-8-20)23-13-11-19(12-14-23)15-18-5-3-2-4-6-18/h2-10,16-17,19,22,25H,11-15H2,1H3. The number of nitrogens with zero attached hydrogens (tertiary/aromatic N) is 1. The van der Waals surface area contributed by atoms with E-state index in [0.29, 0.717) is 0 Å². The minimum Gasteiger partial charge on any atom is -0.508 e. The number of aromatic hydroxyl groups is 1. The van der Waals surface area contributed by atoms with Crippen molar-refractivity contribution in [1.29, 1.82) is 0 Å². The van der Waals surface area contributed by atoms with Crippen molar-refractivity contribution in [2.24, 2.45) is 5.92 Å². The van der Waals surface area contributed by atoms with Crippen LogP contribution >= 0.6 is 0 Å². The highest BCUT2D eigenvalue weighted by atomic mass is 16.3. The van der Waals surface area contributed by atoms with Gasteiger partial charge in [-0.3, -0.25) is 4.90 Å². The van der Waals surface area contributed by atoms with Crippen LogP contribution in [0.4, 0.5) is 0 Å². The second-order valence-corrected chi connectivity index (χ2v) is 7.16. The molecule has 0 aliphatic carbocycles. The fourth-order valence-corrected chi connectivity index (χ4v) is 3.91. The lowest BCUT2D eigenvalue weighted by Gasteiger charge is -2.38. The smallest absolute Gasteiger partial charge is 0.129 e. The van der Waals surface area contributed by atoms with Gasteiger partial charge in [-0.15, -0.1) is 0 Å². The molecular weight excluding hydrogens is 310 g/mol. The van der Waals surface area contributed by atoms with Crippen molar-refractivity contribution in [1.82, 2.24) is 4.90 Å². The molecular formula is C22H27NO2. The number of hydrogen-bond donors (Lipinski definition) is 1. The molecule has 3 nitrogen and oxygen atoms in total. The summed E-state index contributed by atoms with van der Waals surface area (Å²) in [5.41, 5.74) is 2.40. The number of carbonyl (C=O) groups is 1. The highest BCUT2D eigenvalue weighted by Crippen LogP contribution is 2.28. The zero-order chi connectivity index (χ0) is 17.6. The highest BCUT2D eigenvalue weighted by Gasteiger charge is 2.28. The predicted octanol–water partition coefficient (Wildman–Crippen LogP) is 4.02. The second kappa shape index (κ2) is 8.30. The van der Waals surface area contributed by atoms with E-state index in [1.54, 1.807) is 12.1 Å². The molecule has 1 heterocycles. The minimum atomic E-state index is -0.147. The Hall–Kier alpha value is -2.13. The zero-order valence-corrected chi connectivity index (χ0v) is 14.8. The normalized spacial score (nSPS) is 18.6. The Labute approximate surface area is 150 Å². The molecule has 3 heteroatoms. The number of phenols is 1. The van der Waals surface area contributed by atoms with Gasteiger partial charge in [-0.1, -0.05) is 42.5 Å². The van der Waals surface area contributed by atoms with E-state index < -0.39 is 0 Å². The number of likely N-dealkylation sites (tertiary alicyclic amines) is 1. The fraction of sp³-hybridized carbons (Fsp3) is 0.409. The molecule has 0 amide bonds. The Morgan fingerprint density at radius 1 is 1.08 bits per heavy atom. The summed E-state index contributed by atoms with van der Waals surface area (Å²) in [5.74, 6) is 0.822. The molecule has 1 aliphatic heterocycles. The third kappa shape index (κ3) is 4.49. The molecule has 3 rings (SSSR count). The number of phenolic OH excluding ortho intramolecular Hbond substituents is 1. The van der Waals surface area contributed by atoms with E-state index in [9.17, 15) is 9.90 Å². The molecule has 0 bridgehead atoms. The largest absolute Gasteiger partial charge is 0.508 e. The van der Waals surface area contributed by atoms with Crippen LogP contribution in [-0.4, -0.2) is 35.4 Å². The van der Waals surface area contributed by atoms with Crippen LogP contribution in [-0.2, 0) is 11.2 Å². The van der Waals surface area contributed by atoms with E-state index in [-0.39, 0.29) is 17.7 Å². The van der Waals surface area contributed by atoms with Gasteiger partial charge < -0.3 is 9.90 Å². The second-order valence-electron chi connectivity index (χ2n) is 7.16. The van der Waals surface area contributed by atoms with Crippen molar-refractivity contribution in [2.45, 2.75) is 38.1 Å². The van der Waals surface area contributed by atoms with Gasteiger partial charge in [-0.05, 0) is 68.5 Å². The number of carbonyl (C=O) groups excluding carboxylic acids is 1. The van der Waals surface area contributed by atoms with Gasteiger partial charge in [0.2, 0.25) is 0 Å². The minimum absolute atomic E-state index is 0.147. The van der Waals surface area contributed by atoms with Crippen LogP contribution in [0.1, 0.15) is 36.8 Å². The highest BCUT2D eigenvalue weighted by molar-refractivity contribution is 5.63. The van der Waals surface area contributed by atoms with Crippen LogP contribution in [0.3, 0.4) is 0 Å². The van der Waals surface area contributed by atoms with Crippen LogP contribution in [0, 0.1) is 5.92 Å². The summed E-state index contributed by atoms with van der Waals surface area (Å²) in [6.45, 7) is 4.23. The SMILES string of the molecule is CC(C(C=O)c1ccc(O)cc1)N1CCC(Cc2ccccc2)CC1. The molecule has 132 valence electrons. The Morgan fingerprint density at radius 3 is 2.32 bits per heavy atom. The van der Waals surface area contributed by atoms with Crippen molar-refractivity contribution in [3.05, 3.63) is 65.7 Å². The van der Waals surface area contributed by atoms with Crippen molar-refractivity contribution in [3.8, 4) is 5.75 Å². The first-order valence-corrected chi connectivity index (χ1v) is 9.19. The molecule has 2 aromatic rings. The first-order chi connectivity index (χ1) is 12.2. The summed E-state index contributed by atoms with van der Waals surface area (Å²) in [6, 6.07) is 17.9. The molecule has 2 atom stereocenters. The Bertz CT molecular complexity index is 660. The number of hydrogen-bond acceptors (Lipinski definition) is 3. The van der Waals surface area contributed by atoms with Gasteiger partial charge >= 0.3 is 0 Å². The Balaban J connectivity index is 1.57. The first-order valence-electron chi connectivity index (χ1n) is 9.19. The Morgan fingerprint density at radius 2 is 1.72 bits per heavy atom. The summed E-state index contributed by atoms with van der Waals surface area (Å²) in [4.78, 5) is 14.1. The molecule has 0 spiro atoms. The van der Waals surface area contributed by atoms with Crippen molar-refractivity contribution in [2.75, 3.05) is 13.1 Å². The van der Waals surface area contributed by atoms with Gasteiger partial charge in [0.15, 0.2) is 0 Å². The van der Waals surface area contributed by atoms with Gasteiger partial charge in [0.25, 0.3) is 0 Å². The van der Waals surface area contributed by atoms with Crippen molar-refractivity contribution >= 4 is 6.29 Å². The van der Waals surface area contributed by atoms with E-state index in [0.717, 1.165) is 37.3 Å². The van der Waals surface area contributed by atoms with E-state index in [1.165, 1.54) is 18.4 Å². The van der Waals surface area contributed by atoms with Crippen LogP contribution in [0.5, 0.6) is 5.75 Å². The van der Waals surface area contributed by atoms with E-state index in [2.05, 4.69) is 42.2 Å². The summed E-state index contributed by atoms with van der Waals surface area (Å²) in [6.07, 6.45) is 4.56. The number of aldehydes is 1. The predicted molar refractivity (Wildman–Crippen MR) is 101 cm³/mol. The molecule has 2 unspecified atom stereocenters. The van der Waals surface area contributed by atoms with Crippen molar-refractivity contribution in [3.63, 3.8) is 0 Å². The van der Waals surface area contributed by atoms with Gasteiger partial charge in [0.1, 0.15) is 12.0 Å². The first kappa shape index (κ1) is 17.7. The van der Waals surface area contributed by atoms with E-state index >= 15 is 0 Å². The molecule has 1 saturated heterocycles. The summed E-state index contributed by atoms with van der Waals surface area (Å²) in [7, 11) is 0. The third-order valence-corrected chi connectivity index (χ3v) is 5.54. The topological polar surface area (TPSA) is 40.5 Å². The van der Waals surface area contributed by atoms with Crippen LogP contribution in [0.2, 0.25) is 0 Å². The van der Waals surface area contributed by atoms with Gasteiger partial charge in [0.05, 0.1) is 5.92 Å². The quantitative estimate of drug-likeness (QED) is 0.810. The lowest BCUT2D eigenvalue weighted by Crippen LogP contribution is -2.43. The average Bonchev–Trinajstić information content (AvgIpc) is 2.65. The lowest BCUT2D eigenvalue weighted by atomic mass is 9.87. The summed E-state index contributed by atoms with van der Waals surface area (Å²) >= 11 is 0. The summed E-state index contributed by atoms with van der Waals surface area (Å²) < 4.78 is 0. The maximum absolute atomic E-state index is 11.7. The molecule has 0 aromatic heterocycles. The van der Waals surface area contributed by atoms with E-state index in [4.69, 9.17) is 0 Å². The van der Waals surface area contributed by atoms with E-state index in [1.807, 2.05) is 12.1 Å². The maximum Gasteiger partial charge on any atom is 0.129 e. The van der Waals surface area contributed by atoms with Crippen LogP contribution < -0.4 is 0 Å². The van der Waals surface area contributed by atoms with Gasteiger partial charge in [0, 0.05) is 6.04 Å². The lowest BCUT2D eigenvalue weighted by molar-refractivity contribution is -0.110. The molecule has 1 aliphatic rings. The molecule has 1 fully saturated rings. The Kier molecular flexibility index (Phi) is 5.87. The fourth-order valence-electron chi connectivity index (χ4n) is 3.91. The average molecular weight is 337 g/mol. The molecule has 25 heavy (non-hydrogen) atoms. The van der Waals surface area contributed by atoms with Gasteiger partial charge in [-0.2, -0.15) is 0 Å². The van der Waals surface area contributed by atoms with Crippen molar-refractivity contribution < 1.29 is 9.90 Å². The monoisotopic (exact) mass is 337 g/mol. The maximum atomic E-state index is 11.7. The van der Waals surface area contributed by atoms with Crippen LogP contribution in [0.25, 0.3) is 0 Å². The number of rotatable bonds is 6. The zero-order valence-electron chi connectivity index (χ0n) is 14.8. The number of piperidine rings is 1. The van der Waals surface area contributed by atoms with Gasteiger partial charge in [-0.25, -0.2) is 0 Å². The molecule has 0 saturated carbocycles. The molecule has 0 radical (unpaired) electrons.